The SMILES string of the molecule is Cc1cc(C)c(Nc2ccccc2N)s1. The van der Waals surface area contributed by atoms with Gasteiger partial charge in [0.2, 0.25) is 0 Å². The molecule has 0 aliphatic rings. The zero-order chi connectivity index (χ0) is 10.8. The average Bonchev–Trinajstić information content (AvgIpc) is 2.49. The quantitative estimate of drug-likeness (QED) is 0.754. The monoisotopic (exact) mass is 218 g/mol. The molecule has 2 rings (SSSR count). The summed E-state index contributed by atoms with van der Waals surface area (Å²) in [6.07, 6.45) is 0. The van der Waals surface area contributed by atoms with E-state index < -0.39 is 0 Å². The lowest BCUT2D eigenvalue weighted by Gasteiger charge is -2.07. The van der Waals surface area contributed by atoms with Gasteiger partial charge in [-0.15, -0.1) is 11.3 Å². The van der Waals surface area contributed by atoms with Crippen molar-refractivity contribution in [1.29, 1.82) is 0 Å². The second kappa shape index (κ2) is 3.95. The third-order valence-electron chi connectivity index (χ3n) is 2.25. The Morgan fingerprint density at radius 1 is 1.20 bits per heavy atom. The first kappa shape index (κ1) is 10.1. The summed E-state index contributed by atoms with van der Waals surface area (Å²) in [6.45, 7) is 4.21. The van der Waals surface area contributed by atoms with Crippen molar-refractivity contribution in [2.45, 2.75) is 13.8 Å². The normalized spacial score (nSPS) is 10.3. The van der Waals surface area contributed by atoms with E-state index in [2.05, 4.69) is 25.2 Å². The summed E-state index contributed by atoms with van der Waals surface area (Å²) >= 11 is 1.75. The van der Waals surface area contributed by atoms with E-state index in [1.165, 1.54) is 15.4 Å². The van der Waals surface area contributed by atoms with Gasteiger partial charge in [-0.05, 0) is 37.6 Å². The van der Waals surface area contributed by atoms with Crippen LogP contribution in [0.5, 0.6) is 0 Å². The molecule has 15 heavy (non-hydrogen) atoms. The summed E-state index contributed by atoms with van der Waals surface area (Å²) in [6, 6.07) is 9.98. The van der Waals surface area contributed by atoms with Crippen LogP contribution in [0.3, 0.4) is 0 Å². The number of hydrogen-bond donors (Lipinski definition) is 2. The van der Waals surface area contributed by atoms with E-state index in [1.807, 2.05) is 24.3 Å². The molecule has 0 bridgehead atoms. The van der Waals surface area contributed by atoms with Gasteiger partial charge in [0.1, 0.15) is 0 Å². The highest BCUT2D eigenvalue weighted by atomic mass is 32.1. The summed E-state index contributed by atoms with van der Waals surface area (Å²) < 4.78 is 0. The molecule has 2 nitrogen and oxygen atoms in total. The van der Waals surface area contributed by atoms with Crippen molar-refractivity contribution in [3.63, 3.8) is 0 Å². The molecule has 0 atom stereocenters. The van der Waals surface area contributed by atoms with Crippen molar-refractivity contribution in [3.05, 3.63) is 40.8 Å². The van der Waals surface area contributed by atoms with Crippen LogP contribution in [0.1, 0.15) is 10.4 Å². The molecule has 2 aromatic rings. The van der Waals surface area contributed by atoms with E-state index in [-0.39, 0.29) is 0 Å². The van der Waals surface area contributed by atoms with Gasteiger partial charge in [0.15, 0.2) is 0 Å². The van der Waals surface area contributed by atoms with Gasteiger partial charge in [-0.1, -0.05) is 12.1 Å². The molecule has 0 aliphatic carbocycles. The summed E-state index contributed by atoms with van der Waals surface area (Å²) in [5, 5.41) is 4.53. The van der Waals surface area contributed by atoms with Crippen LogP contribution in [0, 0.1) is 13.8 Å². The lowest BCUT2D eigenvalue weighted by Crippen LogP contribution is -1.94. The summed E-state index contributed by atoms with van der Waals surface area (Å²) in [5.74, 6) is 0. The molecule has 0 fully saturated rings. The topological polar surface area (TPSA) is 38.0 Å². The lowest BCUT2D eigenvalue weighted by atomic mass is 10.2. The zero-order valence-electron chi connectivity index (χ0n) is 8.87. The average molecular weight is 218 g/mol. The second-order valence-electron chi connectivity index (χ2n) is 3.58. The number of aryl methyl sites for hydroxylation is 2. The second-order valence-corrected chi connectivity index (χ2v) is 4.84. The van der Waals surface area contributed by atoms with Gasteiger partial charge < -0.3 is 11.1 Å². The molecule has 0 unspecified atom stereocenters. The molecule has 0 saturated carbocycles. The van der Waals surface area contributed by atoms with E-state index in [9.17, 15) is 0 Å². The third kappa shape index (κ3) is 2.13. The fourth-order valence-electron chi connectivity index (χ4n) is 1.50. The molecule has 0 amide bonds. The summed E-state index contributed by atoms with van der Waals surface area (Å²) in [5.41, 5.74) is 8.89. The Hall–Kier alpha value is -1.48. The van der Waals surface area contributed by atoms with E-state index in [0.717, 1.165) is 11.4 Å². The molecular weight excluding hydrogens is 204 g/mol. The summed E-state index contributed by atoms with van der Waals surface area (Å²) in [7, 11) is 0. The third-order valence-corrected chi connectivity index (χ3v) is 3.32. The first-order chi connectivity index (χ1) is 7.16. The maximum atomic E-state index is 5.87. The van der Waals surface area contributed by atoms with E-state index >= 15 is 0 Å². The predicted octanol–water partition coefficient (Wildman–Crippen LogP) is 3.69. The number of nitrogen functional groups attached to an aromatic ring is 1. The van der Waals surface area contributed by atoms with E-state index in [1.54, 1.807) is 11.3 Å². The van der Waals surface area contributed by atoms with Gasteiger partial charge in [-0.2, -0.15) is 0 Å². The highest BCUT2D eigenvalue weighted by Gasteiger charge is 2.04. The molecule has 1 aromatic heterocycles. The molecule has 1 aromatic carbocycles. The van der Waals surface area contributed by atoms with E-state index in [4.69, 9.17) is 5.73 Å². The van der Waals surface area contributed by atoms with Crippen LogP contribution < -0.4 is 11.1 Å². The van der Waals surface area contributed by atoms with Crippen molar-refractivity contribution in [2.24, 2.45) is 0 Å². The number of nitrogens with one attached hydrogen (secondary N) is 1. The van der Waals surface area contributed by atoms with Gasteiger partial charge in [0.25, 0.3) is 0 Å². The van der Waals surface area contributed by atoms with Crippen LogP contribution in [-0.4, -0.2) is 0 Å². The van der Waals surface area contributed by atoms with Crippen LogP contribution in [0.4, 0.5) is 16.4 Å². The minimum atomic E-state index is 0.781. The first-order valence-corrected chi connectivity index (χ1v) is 5.67. The van der Waals surface area contributed by atoms with Gasteiger partial charge in [-0.3, -0.25) is 0 Å². The Bertz CT molecular complexity index is 474. The fraction of sp³-hybridized carbons (Fsp3) is 0.167. The van der Waals surface area contributed by atoms with Crippen LogP contribution in [0.25, 0.3) is 0 Å². The minimum Gasteiger partial charge on any atom is -0.397 e. The molecule has 3 N–H and O–H groups in total. The maximum Gasteiger partial charge on any atom is 0.0959 e. The van der Waals surface area contributed by atoms with Gasteiger partial charge in [0.05, 0.1) is 16.4 Å². The zero-order valence-corrected chi connectivity index (χ0v) is 9.69. The van der Waals surface area contributed by atoms with Crippen LogP contribution in [0.15, 0.2) is 30.3 Å². The van der Waals surface area contributed by atoms with Crippen molar-refractivity contribution >= 4 is 27.7 Å². The lowest BCUT2D eigenvalue weighted by molar-refractivity contribution is 1.48. The van der Waals surface area contributed by atoms with Crippen molar-refractivity contribution in [3.8, 4) is 0 Å². The van der Waals surface area contributed by atoms with Crippen LogP contribution in [-0.2, 0) is 0 Å². The number of benzene rings is 1. The standard InChI is InChI=1S/C12H14N2S/c1-8-7-9(2)15-12(8)14-11-6-4-3-5-10(11)13/h3-7,14H,13H2,1-2H3. The largest absolute Gasteiger partial charge is 0.397 e. The molecule has 0 saturated heterocycles. The Labute approximate surface area is 93.7 Å². The minimum absolute atomic E-state index is 0.781. The van der Waals surface area contributed by atoms with Crippen molar-refractivity contribution in [2.75, 3.05) is 11.1 Å². The smallest absolute Gasteiger partial charge is 0.0959 e. The maximum absolute atomic E-state index is 5.87. The van der Waals surface area contributed by atoms with Crippen molar-refractivity contribution in [1.82, 2.24) is 0 Å². The number of thiophene rings is 1. The van der Waals surface area contributed by atoms with Gasteiger partial charge in [-0.25, -0.2) is 0 Å². The Kier molecular flexibility index (Phi) is 2.64. The molecule has 0 radical (unpaired) electrons. The van der Waals surface area contributed by atoms with Crippen molar-refractivity contribution < 1.29 is 0 Å². The number of anilines is 3. The highest BCUT2D eigenvalue weighted by Crippen LogP contribution is 2.31. The number of hydrogen-bond acceptors (Lipinski definition) is 3. The molecule has 3 heteroatoms. The number of para-hydroxylation sites is 2. The predicted molar refractivity (Wildman–Crippen MR) is 67.9 cm³/mol. The molecule has 0 spiro atoms. The first-order valence-electron chi connectivity index (χ1n) is 4.85. The fourth-order valence-corrected chi connectivity index (χ4v) is 2.44. The number of rotatable bonds is 2. The van der Waals surface area contributed by atoms with E-state index in [0.29, 0.717) is 0 Å². The Morgan fingerprint density at radius 2 is 1.93 bits per heavy atom. The highest BCUT2D eigenvalue weighted by molar-refractivity contribution is 7.16. The molecule has 1 heterocycles. The van der Waals surface area contributed by atoms with Gasteiger partial charge in [0, 0.05) is 4.88 Å². The van der Waals surface area contributed by atoms with Crippen LogP contribution >= 0.6 is 11.3 Å². The Balaban J connectivity index is 2.29. The van der Waals surface area contributed by atoms with Gasteiger partial charge >= 0.3 is 0 Å². The summed E-state index contributed by atoms with van der Waals surface area (Å²) in [4.78, 5) is 1.31. The molecule has 0 aliphatic heterocycles. The number of nitrogens with two attached hydrogens (primary N) is 1. The molecular formula is C12H14N2S. The van der Waals surface area contributed by atoms with Crippen LogP contribution in [0.2, 0.25) is 0 Å². The Morgan fingerprint density at radius 3 is 2.53 bits per heavy atom. The molecule has 78 valence electrons.